The van der Waals surface area contributed by atoms with Gasteiger partial charge in [-0.25, -0.2) is 4.79 Å². The first-order valence-corrected chi connectivity index (χ1v) is 11.3. The SMILES string of the molecule is Cc1ccc(C(=O)c2ccccc2C(=O)OCC(=O)NC(c2ccccc2)c2ccccc2)cc1. The van der Waals surface area contributed by atoms with Gasteiger partial charge in [-0.1, -0.05) is 109 Å². The average Bonchev–Trinajstić information content (AvgIpc) is 2.91. The van der Waals surface area contributed by atoms with Gasteiger partial charge in [0.2, 0.25) is 0 Å². The van der Waals surface area contributed by atoms with Gasteiger partial charge in [0, 0.05) is 11.1 Å². The number of carbonyl (C=O) groups excluding carboxylic acids is 3. The summed E-state index contributed by atoms with van der Waals surface area (Å²) in [6, 6.07) is 32.3. The van der Waals surface area contributed by atoms with Gasteiger partial charge in [0.25, 0.3) is 5.91 Å². The number of aryl methyl sites for hydroxylation is 1. The van der Waals surface area contributed by atoms with Crippen LogP contribution < -0.4 is 5.32 Å². The van der Waals surface area contributed by atoms with Crippen LogP contribution in [0.15, 0.2) is 109 Å². The molecule has 1 amide bonds. The maximum absolute atomic E-state index is 13.0. The number of esters is 1. The van der Waals surface area contributed by atoms with E-state index in [1.54, 1.807) is 30.3 Å². The van der Waals surface area contributed by atoms with Crippen molar-refractivity contribution in [3.63, 3.8) is 0 Å². The van der Waals surface area contributed by atoms with E-state index in [1.165, 1.54) is 6.07 Å². The Hall–Kier alpha value is -4.51. The summed E-state index contributed by atoms with van der Waals surface area (Å²) in [5.41, 5.74) is 3.67. The average molecular weight is 464 g/mol. The van der Waals surface area contributed by atoms with E-state index < -0.39 is 18.5 Å². The maximum atomic E-state index is 13.0. The summed E-state index contributed by atoms with van der Waals surface area (Å²) in [4.78, 5) is 38.6. The summed E-state index contributed by atoms with van der Waals surface area (Å²) in [7, 11) is 0. The first-order chi connectivity index (χ1) is 17.0. The molecule has 0 saturated heterocycles. The second-order valence-corrected chi connectivity index (χ2v) is 8.14. The minimum absolute atomic E-state index is 0.119. The van der Waals surface area contributed by atoms with Crippen LogP contribution in [-0.2, 0) is 9.53 Å². The smallest absolute Gasteiger partial charge is 0.339 e. The van der Waals surface area contributed by atoms with E-state index in [1.807, 2.05) is 79.7 Å². The lowest BCUT2D eigenvalue weighted by Gasteiger charge is -2.20. The number of ether oxygens (including phenoxy) is 1. The van der Waals surface area contributed by atoms with Crippen molar-refractivity contribution in [1.82, 2.24) is 5.32 Å². The molecule has 0 saturated carbocycles. The number of amides is 1. The normalized spacial score (nSPS) is 10.6. The summed E-state index contributed by atoms with van der Waals surface area (Å²) < 4.78 is 5.31. The quantitative estimate of drug-likeness (QED) is 0.285. The van der Waals surface area contributed by atoms with Crippen molar-refractivity contribution in [2.75, 3.05) is 6.61 Å². The molecule has 4 aromatic carbocycles. The Morgan fingerprint density at radius 2 is 1.20 bits per heavy atom. The number of ketones is 1. The van der Waals surface area contributed by atoms with Crippen LogP contribution >= 0.6 is 0 Å². The third-order valence-electron chi connectivity index (χ3n) is 5.61. The summed E-state index contributed by atoms with van der Waals surface area (Å²) in [5.74, 6) is -1.46. The van der Waals surface area contributed by atoms with Gasteiger partial charge in [0.1, 0.15) is 0 Å². The summed E-state index contributed by atoms with van der Waals surface area (Å²) in [5, 5.41) is 2.94. The third-order valence-corrected chi connectivity index (χ3v) is 5.61. The minimum atomic E-state index is -0.729. The predicted molar refractivity (Wildman–Crippen MR) is 134 cm³/mol. The van der Waals surface area contributed by atoms with Crippen LogP contribution in [0.1, 0.15) is 49.0 Å². The van der Waals surface area contributed by atoms with E-state index in [2.05, 4.69) is 5.32 Å². The molecule has 0 aromatic heterocycles. The lowest BCUT2D eigenvalue weighted by Crippen LogP contribution is -2.33. The summed E-state index contributed by atoms with van der Waals surface area (Å²) >= 11 is 0. The lowest BCUT2D eigenvalue weighted by atomic mass is 9.98. The van der Waals surface area contributed by atoms with Crippen molar-refractivity contribution in [3.05, 3.63) is 143 Å². The molecular weight excluding hydrogens is 438 g/mol. The van der Waals surface area contributed by atoms with Gasteiger partial charge in [-0.15, -0.1) is 0 Å². The maximum Gasteiger partial charge on any atom is 0.339 e. The highest BCUT2D eigenvalue weighted by atomic mass is 16.5. The molecule has 0 aliphatic rings. The van der Waals surface area contributed by atoms with E-state index in [-0.39, 0.29) is 23.0 Å². The molecule has 5 heteroatoms. The Kier molecular flexibility index (Phi) is 7.48. The fraction of sp³-hybridized carbons (Fsp3) is 0.100. The topological polar surface area (TPSA) is 72.5 Å². The molecule has 0 aliphatic carbocycles. The zero-order valence-corrected chi connectivity index (χ0v) is 19.3. The number of benzene rings is 4. The fourth-order valence-electron chi connectivity index (χ4n) is 3.78. The monoisotopic (exact) mass is 463 g/mol. The second kappa shape index (κ2) is 11.1. The second-order valence-electron chi connectivity index (χ2n) is 8.14. The molecule has 0 atom stereocenters. The van der Waals surface area contributed by atoms with E-state index >= 15 is 0 Å². The van der Waals surface area contributed by atoms with Crippen molar-refractivity contribution < 1.29 is 19.1 Å². The van der Waals surface area contributed by atoms with Crippen molar-refractivity contribution in [1.29, 1.82) is 0 Å². The molecule has 0 unspecified atom stereocenters. The predicted octanol–water partition coefficient (Wildman–Crippen LogP) is 5.29. The summed E-state index contributed by atoms with van der Waals surface area (Å²) in [6.07, 6.45) is 0. The Morgan fingerprint density at radius 3 is 1.77 bits per heavy atom. The van der Waals surface area contributed by atoms with Crippen LogP contribution in [0.4, 0.5) is 0 Å². The Labute approximate surface area is 204 Å². The van der Waals surface area contributed by atoms with Gasteiger partial charge < -0.3 is 10.1 Å². The highest BCUT2D eigenvalue weighted by molar-refractivity contribution is 6.14. The molecule has 0 radical (unpaired) electrons. The van der Waals surface area contributed by atoms with E-state index in [4.69, 9.17) is 4.74 Å². The molecule has 0 aliphatic heterocycles. The molecule has 5 nitrogen and oxygen atoms in total. The minimum Gasteiger partial charge on any atom is -0.452 e. The Bertz CT molecular complexity index is 1280. The van der Waals surface area contributed by atoms with Crippen molar-refractivity contribution in [3.8, 4) is 0 Å². The van der Waals surface area contributed by atoms with Gasteiger partial charge in [0.15, 0.2) is 12.4 Å². The van der Waals surface area contributed by atoms with Gasteiger partial charge in [-0.05, 0) is 24.1 Å². The van der Waals surface area contributed by atoms with Crippen LogP contribution in [0.3, 0.4) is 0 Å². The molecule has 0 fully saturated rings. The molecular formula is C30H25NO4. The fourth-order valence-corrected chi connectivity index (χ4v) is 3.78. The van der Waals surface area contributed by atoms with Crippen molar-refractivity contribution in [2.24, 2.45) is 0 Å². The van der Waals surface area contributed by atoms with Crippen LogP contribution in [0, 0.1) is 6.92 Å². The van der Waals surface area contributed by atoms with E-state index in [0.29, 0.717) is 5.56 Å². The highest BCUT2D eigenvalue weighted by Gasteiger charge is 2.21. The van der Waals surface area contributed by atoms with Crippen LogP contribution in [0.5, 0.6) is 0 Å². The standard InChI is InChI=1S/C30H25NO4/c1-21-16-18-24(19-17-21)29(33)25-14-8-9-15-26(25)30(34)35-20-27(32)31-28(22-10-4-2-5-11-22)23-12-6-3-7-13-23/h2-19,28H,20H2,1H3,(H,31,32). The van der Waals surface area contributed by atoms with Crippen LogP contribution in [-0.4, -0.2) is 24.3 Å². The van der Waals surface area contributed by atoms with Gasteiger partial charge in [-0.3, -0.25) is 9.59 Å². The molecule has 4 rings (SSSR count). The van der Waals surface area contributed by atoms with Crippen LogP contribution in [0.25, 0.3) is 0 Å². The molecule has 1 N–H and O–H groups in total. The van der Waals surface area contributed by atoms with E-state index in [0.717, 1.165) is 16.7 Å². The zero-order valence-electron chi connectivity index (χ0n) is 19.3. The molecule has 0 heterocycles. The molecule has 174 valence electrons. The Balaban J connectivity index is 1.46. The Morgan fingerprint density at radius 1 is 0.686 bits per heavy atom. The first-order valence-electron chi connectivity index (χ1n) is 11.3. The molecule has 35 heavy (non-hydrogen) atoms. The molecule has 4 aromatic rings. The van der Waals surface area contributed by atoms with Gasteiger partial charge in [-0.2, -0.15) is 0 Å². The number of nitrogens with one attached hydrogen (secondary N) is 1. The number of rotatable bonds is 8. The van der Waals surface area contributed by atoms with Gasteiger partial charge >= 0.3 is 5.97 Å². The van der Waals surface area contributed by atoms with E-state index in [9.17, 15) is 14.4 Å². The zero-order chi connectivity index (χ0) is 24.6. The highest BCUT2D eigenvalue weighted by Crippen LogP contribution is 2.22. The number of hydrogen-bond acceptors (Lipinski definition) is 4. The van der Waals surface area contributed by atoms with Gasteiger partial charge in [0.05, 0.1) is 11.6 Å². The summed E-state index contributed by atoms with van der Waals surface area (Å²) in [6.45, 7) is 1.47. The first kappa shape index (κ1) is 23.6. The number of carbonyl (C=O) groups is 3. The van der Waals surface area contributed by atoms with Crippen molar-refractivity contribution >= 4 is 17.7 Å². The molecule has 0 bridgehead atoms. The number of hydrogen-bond donors (Lipinski definition) is 1. The largest absolute Gasteiger partial charge is 0.452 e. The lowest BCUT2D eigenvalue weighted by molar-refractivity contribution is -0.124. The van der Waals surface area contributed by atoms with Crippen molar-refractivity contribution in [2.45, 2.75) is 13.0 Å². The third kappa shape index (κ3) is 5.89. The van der Waals surface area contributed by atoms with Crippen LogP contribution in [0.2, 0.25) is 0 Å². The molecule has 0 spiro atoms.